The number of hydrogen-bond donors (Lipinski definition) is 0. The third-order valence-corrected chi connectivity index (χ3v) is 6.16. The molecule has 13 heavy (non-hydrogen) atoms. The molecule has 0 aliphatic heterocycles. The van der Waals surface area contributed by atoms with E-state index >= 15 is 0 Å². The van der Waals surface area contributed by atoms with Crippen LogP contribution in [0.4, 0.5) is 0 Å². The van der Waals surface area contributed by atoms with E-state index in [0.717, 1.165) is 0 Å². The first-order valence-electron chi connectivity index (χ1n) is 5.12. The van der Waals surface area contributed by atoms with E-state index in [4.69, 9.17) is 0 Å². The lowest BCUT2D eigenvalue weighted by Gasteiger charge is -2.16. The fraction of sp³-hybridized carbons (Fsp3) is 0.667. The van der Waals surface area contributed by atoms with Crippen molar-refractivity contribution in [2.75, 3.05) is 0 Å². The molecule has 0 bridgehead atoms. The highest BCUT2D eigenvalue weighted by atomic mass is 28.3. The summed E-state index contributed by atoms with van der Waals surface area (Å²) >= 11 is 0. The third kappa shape index (κ3) is 4.20. The van der Waals surface area contributed by atoms with Gasteiger partial charge in [-0.1, -0.05) is 26.7 Å². The van der Waals surface area contributed by atoms with Gasteiger partial charge >= 0.3 is 0 Å². The maximum atomic E-state index is 3.40. The Balaban J connectivity index is 4.58. The standard InChI is InChI=1S/C12H20Si/c1-5-9-12-13(8-4,10-6-2)11-7-3/h5,8-9,12H2,1-4H3. The summed E-state index contributed by atoms with van der Waals surface area (Å²) in [5.41, 5.74) is 6.79. The van der Waals surface area contributed by atoms with E-state index < -0.39 is 8.07 Å². The highest BCUT2D eigenvalue weighted by Crippen LogP contribution is 2.17. The van der Waals surface area contributed by atoms with Gasteiger partial charge in [0, 0.05) is 0 Å². The van der Waals surface area contributed by atoms with Gasteiger partial charge in [0.2, 0.25) is 8.07 Å². The summed E-state index contributed by atoms with van der Waals surface area (Å²) in [5, 5.41) is 0. The molecule has 0 fully saturated rings. The van der Waals surface area contributed by atoms with Gasteiger partial charge < -0.3 is 0 Å². The van der Waals surface area contributed by atoms with Crippen molar-refractivity contribution < 1.29 is 0 Å². The lowest BCUT2D eigenvalue weighted by molar-refractivity contribution is 0.870. The largest absolute Gasteiger partial charge is 0.216 e. The monoisotopic (exact) mass is 192 g/mol. The van der Waals surface area contributed by atoms with Crippen molar-refractivity contribution in [3.8, 4) is 22.9 Å². The Kier molecular flexibility index (Phi) is 6.46. The van der Waals surface area contributed by atoms with Gasteiger partial charge in [-0.05, 0) is 25.9 Å². The Bertz CT molecular complexity index is 224. The molecule has 0 spiro atoms. The van der Waals surface area contributed by atoms with E-state index in [1.807, 2.05) is 13.8 Å². The zero-order valence-electron chi connectivity index (χ0n) is 9.33. The molecule has 0 saturated carbocycles. The van der Waals surface area contributed by atoms with Gasteiger partial charge in [0.05, 0.1) is 0 Å². The van der Waals surface area contributed by atoms with Crippen LogP contribution < -0.4 is 0 Å². The van der Waals surface area contributed by atoms with Gasteiger partial charge in [0.15, 0.2) is 0 Å². The van der Waals surface area contributed by atoms with Crippen molar-refractivity contribution in [3.63, 3.8) is 0 Å². The molecule has 0 aromatic carbocycles. The predicted molar refractivity (Wildman–Crippen MR) is 62.9 cm³/mol. The fourth-order valence-corrected chi connectivity index (χ4v) is 4.40. The first-order valence-corrected chi connectivity index (χ1v) is 7.54. The van der Waals surface area contributed by atoms with E-state index in [2.05, 4.69) is 36.8 Å². The van der Waals surface area contributed by atoms with Crippen molar-refractivity contribution in [1.82, 2.24) is 0 Å². The van der Waals surface area contributed by atoms with Crippen LogP contribution in [-0.2, 0) is 0 Å². The van der Waals surface area contributed by atoms with E-state index in [1.165, 1.54) is 24.9 Å². The van der Waals surface area contributed by atoms with Crippen LogP contribution in [0, 0.1) is 22.9 Å². The van der Waals surface area contributed by atoms with Crippen LogP contribution in [0.2, 0.25) is 12.1 Å². The molecule has 0 aliphatic carbocycles. The molecule has 0 rings (SSSR count). The Morgan fingerprint density at radius 1 is 1.00 bits per heavy atom. The number of rotatable bonds is 4. The van der Waals surface area contributed by atoms with Crippen LogP contribution in [0.25, 0.3) is 0 Å². The Morgan fingerprint density at radius 3 is 1.85 bits per heavy atom. The fourth-order valence-electron chi connectivity index (χ4n) is 1.47. The van der Waals surface area contributed by atoms with Crippen LogP contribution in [0.5, 0.6) is 0 Å². The van der Waals surface area contributed by atoms with Gasteiger partial charge in [-0.15, -0.1) is 22.9 Å². The average molecular weight is 192 g/mol. The Hall–Kier alpha value is -0.663. The quantitative estimate of drug-likeness (QED) is 0.473. The van der Waals surface area contributed by atoms with Crippen LogP contribution in [-0.4, -0.2) is 8.07 Å². The van der Waals surface area contributed by atoms with E-state index in [9.17, 15) is 0 Å². The lowest BCUT2D eigenvalue weighted by Crippen LogP contribution is -2.30. The van der Waals surface area contributed by atoms with Crippen LogP contribution >= 0.6 is 0 Å². The van der Waals surface area contributed by atoms with Gasteiger partial charge in [-0.25, -0.2) is 0 Å². The Morgan fingerprint density at radius 2 is 1.54 bits per heavy atom. The van der Waals surface area contributed by atoms with Gasteiger partial charge in [0.25, 0.3) is 0 Å². The molecule has 0 amide bonds. The second-order valence-electron chi connectivity index (χ2n) is 3.29. The highest BCUT2D eigenvalue weighted by Gasteiger charge is 2.25. The number of unbranched alkanes of at least 4 members (excludes halogenated alkanes) is 1. The lowest BCUT2D eigenvalue weighted by atomic mass is 10.4. The van der Waals surface area contributed by atoms with E-state index in [-0.39, 0.29) is 0 Å². The summed E-state index contributed by atoms with van der Waals surface area (Å²) in [6.45, 7) is 8.32. The summed E-state index contributed by atoms with van der Waals surface area (Å²) in [4.78, 5) is 0. The summed E-state index contributed by atoms with van der Waals surface area (Å²) in [5.74, 6) is 6.12. The molecule has 0 nitrogen and oxygen atoms in total. The van der Waals surface area contributed by atoms with Crippen molar-refractivity contribution in [1.29, 1.82) is 0 Å². The average Bonchev–Trinajstić information content (AvgIpc) is 2.15. The highest BCUT2D eigenvalue weighted by molar-refractivity contribution is 6.94. The molecule has 0 aromatic heterocycles. The van der Waals surface area contributed by atoms with E-state index in [1.54, 1.807) is 0 Å². The second kappa shape index (κ2) is 6.81. The molecule has 0 atom stereocenters. The maximum Gasteiger partial charge on any atom is 0.216 e. The minimum atomic E-state index is -1.51. The first-order chi connectivity index (χ1) is 6.24. The molecule has 0 saturated heterocycles. The van der Waals surface area contributed by atoms with Crippen molar-refractivity contribution in [3.05, 3.63) is 0 Å². The third-order valence-electron chi connectivity index (χ3n) is 2.29. The first kappa shape index (κ1) is 12.3. The molecule has 0 aliphatic rings. The van der Waals surface area contributed by atoms with Gasteiger partial charge in [0.1, 0.15) is 0 Å². The maximum absolute atomic E-state index is 3.40. The minimum absolute atomic E-state index is 1.18. The molecular weight excluding hydrogens is 172 g/mol. The summed E-state index contributed by atoms with van der Waals surface area (Å²) in [7, 11) is -1.51. The smallest absolute Gasteiger partial charge is 0.116 e. The molecule has 0 heterocycles. The normalized spacial score (nSPS) is 9.54. The number of hydrogen-bond acceptors (Lipinski definition) is 0. The van der Waals surface area contributed by atoms with Crippen LogP contribution in [0.15, 0.2) is 0 Å². The van der Waals surface area contributed by atoms with Crippen LogP contribution in [0.1, 0.15) is 40.5 Å². The second-order valence-corrected chi connectivity index (χ2v) is 7.16. The van der Waals surface area contributed by atoms with E-state index in [0.29, 0.717) is 0 Å². The summed E-state index contributed by atoms with van der Waals surface area (Å²) in [6.07, 6.45) is 2.54. The molecule has 0 aromatic rings. The molecule has 1 heteroatoms. The van der Waals surface area contributed by atoms with Gasteiger partial charge in [-0.3, -0.25) is 0 Å². The van der Waals surface area contributed by atoms with Crippen LogP contribution in [0.3, 0.4) is 0 Å². The predicted octanol–water partition coefficient (Wildman–Crippen LogP) is 3.38. The zero-order valence-corrected chi connectivity index (χ0v) is 10.3. The molecule has 0 radical (unpaired) electrons. The molecule has 0 unspecified atom stereocenters. The topological polar surface area (TPSA) is 0 Å². The SMILES string of the molecule is CC#C[Si](C#CC)(CC)CCCC. The zero-order chi connectivity index (χ0) is 10.2. The van der Waals surface area contributed by atoms with Crippen molar-refractivity contribution in [2.45, 2.75) is 52.6 Å². The Labute approximate surface area is 84.1 Å². The molecule has 0 N–H and O–H groups in total. The molecule has 72 valence electrons. The summed E-state index contributed by atoms with van der Waals surface area (Å²) < 4.78 is 0. The van der Waals surface area contributed by atoms with Crippen molar-refractivity contribution >= 4 is 8.07 Å². The summed E-state index contributed by atoms with van der Waals surface area (Å²) in [6, 6.07) is 2.43. The molecular formula is C12H20Si. The minimum Gasteiger partial charge on any atom is -0.116 e. The van der Waals surface area contributed by atoms with Crippen molar-refractivity contribution in [2.24, 2.45) is 0 Å². The van der Waals surface area contributed by atoms with Gasteiger partial charge in [-0.2, -0.15) is 0 Å².